The number of amides is 2. The second-order valence-corrected chi connectivity index (χ2v) is 6.39. The van der Waals surface area contributed by atoms with Gasteiger partial charge in [0.1, 0.15) is 6.04 Å². The molecule has 2 N–H and O–H groups in total. The van der Waals surface area contributed by atoms with Crippen LogP contribution in [0.1, 0.15) is 28.4 Å². The minimum atomic E-state index is -0.615. The summed E-state index contributed by atoms with van der Waals surface area (Å²) in [7, 11) is 0. The number of rotatable bonds is 6. The van der Waals surface area contributed by atoms with Crippen molar-refractivity contribution in [1.82, 2.24) is 10.2 Å². The molecule has 3 rings (SSSR count). The summed E-state index contributed by atoms with van der Waals surface area (Å²) in [4.78, 5) is 27.2. The van der Waals surface area contributed by atoms with Gasteiger partial charge in [-0.05, 0) is 24.1 Å². The van der Waals surface area contributed by atoms with Crippen molar-refractivity contribution in [1.29, 1.82) is 0 Å². The van der Waals surface area contributed by atoms with Crippen LogP contribution in [0, 0.1) is 0 Å². The minimum Gasteiger partial charge on any atom is -0.394 e. The van der Waals surface area contributed by atoms with Crippen LogP contribution in [-0.4, -0.2) is 40.5 Å². The van der Waals surface area contributed by atoms with Gasteiger partial charge in [0.25, 0.3) is 5.91 Å². The number of nitrogens with one attached hydrogen (secondary N) is 1. The summed E-state index contributed by atoms with van der Waals surface area (Å²) in [5.41, 5.74) is 2.58. The van der Waals surface area contributed by atoms with Gasteiger partial charge >= 0.3 is 0 Å². The summed E-state index contributed by atoms with van der Waals surface area (Å²) >= 11 is 0. The van der Waals surface area contributed by atoms with Gasteiger partial charge in [-0.3, -0.25) is 9.59 Å². The number of carbonyl (C=O) groups excluding carboxylic acids is 2. The molecule has 2 aromatic rings. The molecule has 0 aromatic heterocycles. The molecule has 5 nitrogen and oxygen atoms in total. The Balaban J connectivity index is 1.86. The molecule has 0 spiro atoms. The van der Waals surface area contributed by atoms with E-state index in [9.17, 15) is 14.7 Å². The zero-order valence-electron chi connectivity index (χ0n) is 14.2. The standard InChI is InChI=1S/C20H22N2O3/c1-14(13-23)21-19(24)18(11-15-7-3-2-4-8-15)22-12-16-9-5-6-10-17(16)20(22)25/h2-10,14,18,23H,11-13H2,1H3,(H,21,24)/t14-,18+/m0/s1. The topological polar surface area (TPSA) is 69.6 Å². The van der Waals surface area contributed by atoms with Crippen molar-refractivity contribution in [2.24, 2.45) is 0 Å². The third-order valence-corrected chi connectivity index (χ3v) is 4.46. The number of hydrogen-bond acceptors (Lipinski definition) is 3. The second kappa shape index (κ2) is 7.49. The lowest BCUT2D eigenvalue weighted by molar-refractivity contribution is -0.126. The highest BCUT2D eigenvalue weighted by molar-refractivity contribution is 6.01. The largest absolute Gasteiger partial charge is 0.394 e. The monoisotopic (exact) mass is 338 g/mol. The fourth-order valence-electron chi connectivity index (χ4n) is 3.10. The van der Waals surface area contributed by atoms with Crippen LogP contribution in [0.3, 0.4) is 0 Å². The summed E-state index contributed by atoms with van der Waals surface area (Å²) < 4.78 is 0. The van der Waals surface area contributed by atoms with Gasteiger partial charge in [0.15, 0.2) is 0 Å². The Bertz CT molecular complexity index is 761. The van der Waals surface area contributed by atoms with Crippen molar-refractivity contribution in [2.45, 2.75) is 32.0 Å². The Labute approximate surface area is 147 Å². The van der Waals surface area contributed by atoms with Crippen molar-refractivity contribution in [2.75, 3.05) is 6.61 Å². The molecule has 0 saturated carbocycles. The van der Waals surface area contributed by atoms with E-state index in [1.54, 1.807) is 17.9 Å². The third-order valence-electron chi connectivity index (χ3n) is 4.46. The number of aliphatic hydroxyl groups is 1. The number of hydrogen-bond donors (Lipinski definition) is 2. The average Bonchev–Trinajstić information content (AvgIpc) is 2.97. The van der Waals surface area contributed by atoms with E-state index < -0.39 is 6.04 Å². The zero-order valence-corrected chi connectivity index (χ0v) is 14.2. The molecular formula is C20H22N2O3. The molecule has 25 heavy (non-hydrogen) atoms. The first-order valence-electron chi connectivity index (χ1n) is 8.44. The highest BCUT2D eigenvalue weighted by atomic mass is 16.3. The van der Waals surface area contributed by atoms with Crippen LogP contribution in [0.25, 0.3) is 0 Å². The van der Waals surface area contributed by atoms with Crippen molar-refractivity contribution < 1.29 is 14.7 Å². The van der Waals surface area contributed by atoms with Crippen LogP contribution in [0.5, 0.6) is 0 Å². The van der Waals surface area contributed by atoms with Crippen LogP contribution < -0.4 is 5.32 Å². The van der Waals surface area contributed by atoms with Gasteiger partial charge < -0.3 is 15.3 Å². The minimum absolute atomic E-state index is 0.122. The molecule has 1 aliphatic rings. The molecule has 0 aliphatic carbocycles. The molecule has 5 heteroatoms. The molecular weight excluding hydrogens is 316 g/mol. The van der Waals surface area contributed by atoms with Gasteiger partial charge in [0.2, 0.25) is 5.91 Å². The fraction of sp³-hybridized carbons (Fsp3) is 0.300. The Morgan fingerprint density at radius 3 is 2.52 bits per heavy atom. The van der Waals surface area contributed by atoms with E-state index in [2.05, 4.69) is 5.32 Å². The van der Waals surface area contributed by atoms with Crippen LogP contribution in [0.4, 0.5) is 0 Å². The molecule has 0 radical (unpaired) electrons. The highest BCUT2D eigenvalue weighted by Gasteiger charge is 2.36. The van der Waals surface area contributed by atoms with Crippen LogP contribution in [0.15, 0.2) is 54.6 Å². The quantitative estimate of drug-likeness (QED) is 0.843. The van der Waals surface area contributed by atoms with Gasteiger partial charge in [-0.15, -0.1) is 0 Å². The predicted molar refractivity (Wildman–Crippen MR) is 94.9 cm³/mol. The first-order chi connectivity index (χ1) is 12.1. The number of nitrogens with zero attached hydrogens (tertiary/aromatic N) is 1. The lowest BCUT2D eigenvalue weighted by atomic mass is 10.0. The van der Waals surface area contributed by atoms with Crippen molar-refractivity contribution >= 4 is 11.8 Å². The Kier molecular flexibility index (Phi) is 5.14. The molecule has 1 aliphatic heterocycles. The maximum Gasteiger partial charge on any atom is 0.255 e. The van der Waals surface area contributed by atoms with Crippen molar-refractivity contribution in [3.63, 3.8) is 0 Å². The van der Waals surface area contributed by atoms with E-state index in [0.29, 0.717) is 18.5 Å². The maximum absolute atomic E-state index is 12.8. The number of fused-ring (bicyclic) bond motifs is 1. The SMILES string of the molecule is C[C@@H](CO)NC(=O)[C@@H](Cc1ccccc1)N1Cc2ccccc2C1=O. The van der Waals surface area contributed by atoms with Gasteiger partial charge in [-0.2, -0.15) is 0 Å². The van der Waals surface area contributed by atoms with Crippen molar-refractivity contribution in [3.05, 3.63) is 71.3 Å². The second-order valence-electron chi connectivity index (χ2n) is 6.39. The summed E-state index contributed by atoms with van der Waals surface area (Å²) in [6.45, 7) is 2.02. The predicted octanol–water partition coefficient (Wildman–Crippen LogP) is 1.75. The molecule has 0 saturated heterocycles. The summed E-state index contributed by atoms with van der Waals surface area (Å²) in [5, 5.41) is 12.0. The molecule has 2 atom stereocenters. The molecule has 0 fully saturated rings. The first-order valence-corrected chi connectivity index (χ1v) is 8.44. The lowest BCUT2D eigenvalue weighted by Gasteiger charge is -2.28. The number of aliphatic hydroxyl groups excluding tert-OH is 1. The highest BCUT2D eigenvalue weighted by Crippen LogP contribution is 2.26. The molecule has 2 aromatic carbocycles. The summed E-state index contributed by atoms with van der Waals surface area (Å²) in [6, 6.07) is 16.1. The maximum atomic E-state index is 12.8. The van der Waals surface area contributed by atoms with E-state index in [1.165, 1.54) is 0 Å². The van der Waals surface area contributed by atoms with Crippen molar-refractivity contribution in [3.8, 4) is 0 Å². The number of carbonyl (C=O) groups is 2. The molecule has 0 unspecified atom stereocenters. The third kappa shape index (κ3) is 3.72. The molecule has 2 amide bonds. The normalized spacial score (nSPS) is 15.6. The van der Waals surface area contributed by atoms with Gasteiger partial charge in [-0.1, -0.05) is 48.5 Å². The summed E-state index contributed by atoms with van der Waals surface area (Å²) in [6.07, 6.45) is 0.435. The molecule has 130 valence electrons. The Hall–Kier alpha value is -2.66. The molecule has 0 bridgehead atoms. The van der Waals surface area contributed by atoms with E-state index in [0.717, 1.165) is 11.1 Å². The van der Waals surface area contributed by atoms with E-state index in [4.69, 9.17) is 0 Å². The lowest BCUT2D eigenvalue weighted by Crippen LogP contribution is -2.51. The zero-order chi connectivity index (χ0) is 17.8. The average molecular weight is 338 g/mol. The van der Waals surface area contributed by atoms with Crippen LogP contribution in [-0.2, 0) is 17.8 Å². The fourth-order valence-corrected chi connectivity index (χ4v) is 3.10. The van der Waals surface area contributed by atoms with Gasteiger partial charge in [0, 0.05) is 24.6 Å². The van der Waals surface area contributed by atoms with Gasteiger partial charge in [-0.25, -0.2) is 0 Å². The summed E-state index contributed by atoms with van der Waals surface area (Å²) in [5.74, 6) is -0.366. The smallest absolute Gasteiger partial charge is 0.255 e. The Morgan fingerprint density at radius 1 is 1.16 bits per heavy atom. The van der Waals surface area contributed by atoms with Crippen LogP contribution >= 0.6 is 0 Å². The first kappa shape index (κ1) is 17.2. The van der Waals surface area contributed by atoms with Crippen LogP contribution in [0.2, 0.25) is 0 Å². The number of benzene rings is 2. The molecule has 1 heterocycles. The Morgan fingerprint density at radius 2 is 1.84 bits per heavy atom. The van der Waals surface area contributed by atoms with Gasteiger partial charge in [0.05, 0.1) is 6.61 Å². The van der Waals surface area contributed by atoms with E-state index in [-0.39, 0.29) is 24.5 Å². The van der Waals surface area contributed by atoms with E-state index >= 15 is 0 Å². The van der Waals surface area contributed by atoms with E-state index in [1.807, 2.05) is 48.5 Å².